The molecule has 0 spiro atoms. The van der Waals surface area contributed by atoms with Crippen LogP contribution in [0.5, 0.6) is 0 Å². The Morgan fingerprint density at radius 3 is 2.50 bits per heavy atom. The third-order valence-corrected chi connectivity index (χ3v) is 4.74. The van der Waals surface area contributed by atoms with Gasteiger partial charge in [0.25, 0.3) is 0 Å². The molecule has 0 radical (unpaired) electrons. The van der Waals surface area contributed by atoms with Crippen molar-refractivity contribution in [1.29, 1.82) is 0 Å². The van der Waals surface area contributed by atoms with Crippen LogP contribution in [0, 0.1) is 0 Å². The summed E-state index contributed by atoms with van der Waals surface area (Å²) >= 11 is 0. The van der Waals surface area contributed by atoms with E-state index in [-0.39, 0.29) is 5.92 Å². The van der Waals surface area contributed by atoms with Gasteiger partial charge in [0, 0.05) is 45.1 Å². The van der Waals surface area contributed by atoms with Crippen LogP contribution in [-0.4, -0.2) is 54.2 Å². The lowest BCUT2D eigenvalue weighted by Crippen LogP contribution is -2.40. The molecule has 1 aromatic heterocycles. The summed E-state index contributed by atoms with van der Waals surface area (Å²) in [4.78, 5) is 11.0. The van der Waals surface area contributed by atoms with Gasteiger partial charge in [0.1, 0.15) is 0 Å². The molecular weight excluding hydrogens is 352 g/mol. The molecule has 0 aliphatic rings. The van der Waals surface area contributed by atoms with E-state index in [0.29, 0.717) is 24.9 Å². The summed E-state index contributed by atoms with van der Waals surface area (Å²) < 4.78 is 5.26. The second-order valence-electron chi connectivity index (χ2n) is 7.42. The minimum absolute atomic E-state index is 0.280. The van der Waals surface area contributed by atoms with Gasteiger partial charge in [0.2, 0.25) is 5.89 Å². The smallest absolute Gasteiger partial charge is 0.228 e. The lowest BCUT2D eigenvalue weighted by atomic mass is 10.1. The molecule has 0 aliphatic carbocycles. The van der Waals surface area contributed by atoms with Gasteiger partial charge < -0.3 is 15.2 Å². The first-order chi connectivity index (χ1) is 13.5. The lowest BCUT2D eigenvalue weighted by molar-refractivity contribution is 0.238. The molecular formula is C21H34N6O. The summed E-state index contributed by atoms with van der Waals surface area (Å²) in [5.41, 5.74) is 1.34. The zero-order chi connectivity index (χ0) is 20.4. The molecule has 1 aromatic carbocycles. The summed E-state index contributed by atoms with van der Waals surface area (Å²) in [6, 6.07) is 11.0. The molecule has 154 valence electrons. The minimum atomic E-state index is 0.280. The SMILES string of the molecule is CN=C(NCCc1nc(C(C)C)no1)NCCC(C)N(C)Cc1ccccc1. The first-order valence-electron chi connectivity index (χ1n) is 10.0. The molecule has 2 rings (SSSR count). The third-order valence-electron chi connectivity index (χ3n) is 4.74. The van der Waals surface area contributed by atoms with E-state index >= 15 is 0 Å². The standard InChI is InChI=1S/C21H34N6O/c1-16(2)20-25-19(28-26-20)12-14-24-21(22-4)23-13-11-17(3)27(5)15-18-9-7-6-8-10-18/h6-10,16-17H,11-15H2,1-5H3,(H2,22,23,24). The van der Waals surface area contributed by atoms with E-state index in [1.54, 1.807) is 7.05 Å². The van der Waals surface area contributed by atoms with E-state index in [2.05, 4.69) is 88.8 Å². The van der Waals surface area contributed by atoms with Gasteiger partial charge in [-0.2, -0.15) is 4.98 Å². The molecule has 0 saturated carbocycles. The van der Waals surface area contributed by atoms with Gasteiger partial charge in [-0.1, -0.05) is 49.3 Å². The zero-order valence-corrected chi connectivity index (χ0v) is 17.8. The van der Waals surface area contributed by atoms with Gasteiger partial charge in [0.05, 0.1) is 0 Å². The van der Waals surface area contributed by atoms with Gasteiger partial charge in [-0.3, -0.25) is 9.89 Å². The maximum absolute atomic E-state index is 5.26. The van der Waals surface area contributed by atoms with Crippen molar-refractivity contribution in [2.45, 2.75) is 52.1 Å². The number of benzene rings is 1. The fraction of sp³-hybridized carbons (Fsp3) is 0.571. The third kappa shape index (κ3) is 7.31. The normalized spacial score (nSPS) is 13.2. The van der Waals surface area contributed by atoms with Crippen LogP contribution in [0.4, 0.5) is 0 Å². The summed E-state index contributed by atoms with van der Waals surface area (Å²) in [5, 5.41) is 10.7. The van der Waals surface area contributed by atoms with Crippen molar-refractivity contribution in [2.24, 2.45) is 4.99 Å². The van der Waals surface area contributed by atoms with Gasteiger partial charge in [0.15, 0.2) is 11.8 Å². The summed E-state index contributed by atoms with van der Waals surface area (Å²) in [6.45, 7) is 8.87. The highest BCUT2D eigenvalue weighted by atomic mass is 16.5. The van der Waals surface area contributed by atoms with Gasteiger partial charge in [-0.25, -0.2) is 0 Å². The highest BCUT2D eigenvalue weighted by molar-refractivity contribution is 5.79. The average molecular weight is 387 g/mol. The van der Waals surface area contributed by atoms with E-state index in [9.17, 15) is 0 Å². The Hall–Kier alpha value is -2.41. The summed E-state index contributed by atoms with van der Waals surface area (Å²) in [7, 11) is 3.95. The largest absolute Gasteiger partial charge is 0.356 e. The molecule has 0 bridgehead atoms. The van der Waals surface area contributed by atoms with Crippen molar-refractivity contribution in [3.05, 3.63) is 47.6 Å². The molecule has 7 heteroatoms. The van der Waals surface area contributed by atoms with Crippen LogP contribution < -0.4 is 10.6 Å². The van der Waals surface area contributed by atoms with E-state index in [4.69, 9.17) is 4.52 Å². The van der Waals surface area contributed by atoms with Crippen molar-refractivity contribution in [3.63, 3.8) is 0 Å². The first kappa shape index (κ1) is 21.9. The van der Waals surface area contributed by atoms with Crippen LogP contribution in [0.3, 0.4) is 0 Å². The maximum Gasteiger partial charge on any atom is 0.228 e. The van der Waals surface area contributed by atoms with E-state index in [1.807, 2.05) is 0 Å². The monoisotopic (exact) mass is 386 g/mol. The fourth-order valence-corrected chi connectivity index (χ4v) is 2.76. The first-order valence-corrected chi connectivity index (χ1v) is 10.0. The average Bonchev–Trinajstić information content (AvgIpc) is 3.16. The van der Waals surface area contributed by atoms with Crippen molar-refractivity contribution in [2.75, 3.05) is 27.2 Å². The Balaban J connectivity index is 1.65. The minimum Gasteiger partial charge on any atom is -0.356 e. The molecule has 0 aliphatic heterocycles. The van der Waals surface area contributed by atoms with Crippen LogP contribution in [0.15, 0.2) is 39.8 Å². The predicted octanol–water partition coefficient (Wildman–Crippen LogP) is 2.81. The number of hydrogen-bond acceptors (Lipinski definition) is 5. The van der Waals surface area contributed by atoms with E-state index in [0.717, 1.165) is 31.3 Å². The Kier molecular flexibility index (Phi) is 8.94. The molecule has 1 heterocycles. The Bertz CT molecular complexity index is 713. The molecule has 1 atom stereocenters. The van der Waals surface area contributed by atoms with Crippen molar-refractivity contribution in [1.82, 2.24) is 25.7 Å². The predicted molar refractivity (Wildman–Crippen MR) is 113 cm³/mol. The molecule has 2 aromatic rings. The Morgan fingerprint density at radius 2 is 1.86 bits per heavy atom. The van der Waals surface area contributed by atoms with Crippen molar-refractivity contribution < 1.29 is 4.52 Å². The number of hydrogen-bond donors (Lipinski definition) is 2. The molecule has 0 fully saturated rings. The second-order valence-corrected chi connectivity index (χ2v) is 7.42. The number of aromatic nitrogens is 2. The maximum atomic E-state index is 5.26. The van der Waals surface area contributed by atoms with Crippen LogP contribution >= 0.6 is 0 Å². The second kappa shape index (κ2) is 11.4. The molecule has 0 amide bonds. The topological polar surface area (TPSA) is 78.6 Å². The van der Waals surface area contributed by atoms with Crippen molar-refractivity contribution >= 4 is 5.96 Å². The Morgan fingerprint density at radius 1 is 1.14 bits per heavy atom. The van der Waals surface area contributed by atoms with Crippen LogP contribution in [-0.2, 0) is 13.0 Å². The van der Waals surface area contributed by atoms with Gasteiger partial charge in [-0.05, 0) is 26.0 Å². The molecule has 0 saturated heterocycles. The van der Waals surface area contributed by atoms with Crippen LogP contribution in [0.2, 0.25) is 0 Å². The highest BCUT2D eigenvalue weighted by Gasteiger charge is 2.11. The number of nitrogens with one attached hydrogen (secondary N) is 2. The lowest BCUT2D eigenvalue weighted by Gasteiger charge is -2.25. The molecule has 1 unspecified atom stereocenters. The molecule has 28 heavy (non-hydrogen) atoms. The highest BCUT2D eigenvalue weighted by Crippen LogP contribution is 2.10. The number of guanidine groups is 1. The summed E-state index contributed by atoms with van der Waals surface area (Å²) in [6.07, 6.45) is 1.71. The summed E-state index contributed by atoms with van der Waals surface area (Å²) in [5.74, 6) is 2.48. The van der Waals surface area contributed by atoms with Crippen LogP contribution in [0.25, 0.3) is 0 Å². The number of rotatable bonds is 10. The van der Waals surface area contributed by atoms with Crippen LogP contribution in [0.1, 0.15) is 50.4 Å². The van der Waals surface area contributed by atoms with Gasteiger partial charge in [-0.15, -0.1) is 0 Å². The van der Waals surface area contributed by atoms with Gasteiger partial charge >= 0.3 is 0 Å². The van der Waals surface area contributed by atoms with Crippen molar-refractivity contribution in [3.8, 4) is 0 Å². The fourth-order valence-electron chi connectivity index (χ4n) is 2.76. The van der Waals surface area contributed by atoms with E-state index in [1.165, 1.54) is 5.56 Å². The molecule has 2 N–H and O–H groups in total. The number of nitrogens with zero attached hydrogens (tertiary/aromatic N) is 4. The quantitative estimate of drug-likeness (QED) is 0.483. The zero-order valence-electron chi connectivity index (χ0n) is 17.8. The number of aliphatic imine (C=N–C) groups is 1. The Labute approximate surface area is 168 Å². The molecule has 7 nitrogen and oxygen atoms in total. The van der Waals surface area contributed by atoms with E-state index < -0.39 is 0 Å².